The lowest BCUT2D eigenvalue weighted by Crippen LogP contribution is -2.24. The molecule has 0 spiro atoms. The first-order valence-electron chi connectivity index (χ1n) is 5.78. The average Bonchev–Trinajstić information content (AvgIpc) is 2.44. The van der Waals surface area contributed by atoms with Crippen molar-refractivity contribution in [3.05, 3.63) is 22.5 Å². The molecule has 0 fully saturated rings. The molecule has 0 aromatic carbocycles. The smallest absolute Gasteiger partial charge is 0.355 e. The number of H-pyrrole nitrogens is 1. The molecule has 0 radical (unpaired) electrons. The van der Waals surface area contributed by atoms with Gasteiger partial charge in [-0.15, -0.1) is 0 Å². The second-order valence-electron chi connectivity index (χ2n) is 5.20. The zero-order chi connectivity index (χ0) is 13.2. The zero-order valence-corrected chi connectivity index (χ0v) is 11.2. The highest BCUT2D eigenvalue weighted by Gasteiger charge is 2.23. The molecular formula is C13H21NO3. The topological polar surface area (TPSA) is 62.3 Å². The molecule has 0 saturated heterocycles. The van der Waals surface area contributed by atoms with Gasteiger partial charge < -0.3 is 14.8 Å². The van der Waals surface area contributed by atoms with Gasteiger partial charge in [0.15, 0.2) is 0 Å². The molecule has 1 aromatic heterocycles. The van der Waals surface area contributed by atoms with Crippen LogP contribution in [0.4, 0.5) is 0 Å². The molecule has 2 N–H and O–H groups in total. The fourth-order valence-corrected chi connectivity index (χ4v) is 1.70. The number of rotatable bonds is 3. The van der Waals surface area contributed by atoms with E-state index >= 15 is 0 Å². The number of ether oxygens (including phenoxy) is 1. The number of carbonyl (C=O) groups is 1. The number of carbonyl (C=O) groups excluding carboxylic acids is 1. The summed E-state index contributed by atoms with van der Waals surface area (Å²) < 4.78 is 5.33. The van der Waals surface area contributed by atoms with Crippen molar-refractivity contribution in [3.63, 3.8) is 0 Å². The van der Waals surface area contributed by atoms with Gasteiger partial charge in [-0.25, -0.2) is 4.79 Å². The zero-order valence-electron chi connectivity index (χ0n) is 11.2. The number of aliphatic hydroxyl groups excluding tert-OH is 1. The van der Waals surface area contributed by atoms with Crippen LogP contribution in [0.15, 0.2) is 0 Å². The molecule has 4 heteroatoms. The summed E-state index contributed by atoms with van der Waals surface area (Å²) in [5.41, 5.74) is 2.75. The van der Waals surface area contributed by atoms with Crippen LogP contribution in [0, 0.1) is 13.8 Å². The standard InChI is InChI=1S/C13H21NO3/c1-8-9(2)14-11(10(8)6-7-15)12(16)17-13(3,4)5/h14-15H,6-7H2,1-5H3. The molecule has 0 amide bonds. The first-order valence-corrected chi connectivity index (χ1v) is 5.78. The number of aromatic nitrogens is 1. The summed E-state index contributed by atoms with van der Waals surface area (Å²) in [5, 5.41) is 9.03. The molecule has 0 aliphatic rings. The van der Waals surface area contributed by atoms with E-state index in [4.69, 9.17) is 9.84 Å². The molecule has 1 heterocycles. The highest BCUT2D eigenvalue weighted by Crippen LogP contribution is 2.21. The Morgan fingerprint density at radius 2 is 1.94 bits per heavy atom. The van der Waals surface area contributed by atoms with Gasteiger partial charge in [-0.3, -0.25) is 0 Å². The summed E-state index contributed by atoms with van der Waals surface area (Å²) in [5.74, 6) is -0.364. The highest BCUT2D eigenvalue weighted by atomic mass is 16.6. The predicted octanol–water partition coefficient (Wildman–Crippen LogP) is 2.12. The third-order valence-corrected chi connectivity index (χ3v) is 2.59. The Balaban J connectivity index is 3.05. The lowest BCUT2D eigenvalue weighted by molar-refractivity contribution is 0.00621. The van der Waals surface area contributed by atoms with Gasteiger partial charge in [0.25, 0.3) is 0 Å². The molecule has 0 bridgehead atoms. The number of aryl methyl sites for hydroxylation is 1. The Kier molecular flexibility index (Phi) is 3.98. The van der Waals surface area contributed by atoms with E-state index in [9.17, 15) is 4.79 Å². The van der Waals surface area contributed by atoms with Gasteiger partial charge >= 0.3 is 5.97 Å². The maximum atomic E-state index is 12.0. The summed E-state index contributed by atoms with van der Waals surface area (Å²) in [6.07, 6.45) is 0.463. The van der Waals surface area contributed by atoms with Crippen LogP contribution in [0.2, 0.25) is 0 Å². The Bertz CT molecular complexity index is 413. The Morgan fingerprint density at radius 3 is 2.41 bits per heavy atom. The molecule has 17 heavy (non-hydrogen) atoms. The van der Waals surface area contributed by atoms with Crippen molar-refractivity contribution in [2.75, 3.05) is 6.61 Å². The van der Waals surface area contributed by atoms with E-state index in [0.29, 0.717) is 12.1 Å². The van der Waals surface area contributed by atoms with Crippen molar-refractivity contribution in [3.8, 4) is 0 Å². The van der Waals surface area contributed by atoms with E-state index in [1.54, 1.807) is 0 Å². The third-order valence-electron chi connectivity index (χ3n) is 2.59. The minimum atomic E-state index is -0.513. The van der Waals surface area contributed by atoms with Crippen LogP contribution in [0.25, 0.3) is 0 Å². The second-order valence-corrected chi connectivity index (χ2v) is 5.20. The number of hydrogen-bond acceptors (Lipinski definition) is 3. The van der Waals surface area contributed by atoms with Crippen molar-refractivity contribution in [1.82, 2.24) is 4.98 Å². The highest BCUT2D eigenvalue weighted by molar-refractivity contribution is 5.90. The Hall–Kier alpha value is -1.29. The molecule has 0 unspecified atom stereocenters. The van der Waals surface area contributed by atoms with Gasteiger partial charge in [0.2, 0.25) is 0 Å². The van der Waals surface area contributed by atoms with Gasteiger partial charge in [-0.1, -0.05) is 0 Å². The average molecular weight is 239 g/mol. The molecule has 0 aliphatic heterocycles. The molecule has 0 aliphatic carbocycles. The van der Waals surface area contributed by atoms with Gasteiger partial charge in [-0.05, 0) is 52.2 Å². The van der Waals surface area contributed by atoms with Crippen LogP contribution in [-0.4, -0.2) is 28.3 Å². The van der Waals surface area contributed by atoms with E-state index < -0.39 is 5.60 Å². The van der Waals surface area contributed by atoms with E-state index in [0.717, 1.165) is 16.8 Å². The van der Waals surface area contributed by atoms with E-state index in [1.807, 2.05) is 34.6 Å². The summed E-state index contributed by atoms with van der Waals surface area (Å²) in [6, 6.07) is 0. The third kappa shape index (κ3) is 3.33. The van der Waals surface area contributed by atoms with Gasteiger partial charge in [0.1, 0.15) is 11.3 Å². The quantitative estimate of drug-likeness (QED) is 0.794. The fraction of sp³-hybridized carbons (Fsp3) is 0.615. The van der Waals surface area contributed by atoms with Crippen LogP contribution in [-0.2, 0) is 11.2 Å². The molecule has 1 aromatic rings. The first kappa shape index (κ1) is 13.8. The normalized spacial score (nSPS) is 11.6. The summed E-state index contributed by atoms with van der Waals surface area (Å²) >= 11 is 0. The van der Waals surface area contributed by atoms with Crippen LogP contribution in [0.1, 0.15) is 48.1 Å². The van der Waals surface area contributed by atoms with Crippen molar-refractivity contribution in [2.24, 2.45) is 0 Å². The Morgan fingerprint density at radius 1 is 1.35 bits per heavy atom. The molecule has 0 atom stereocenters. The number of esters is 1. The molecular weight excluding hydrogens is 218 g/mol. The maximum absolute atomic E-state index is 12.0. The molecule has 0 saturated carbocycles. The monoisotopic (exact) mass is 239 g/mol. The SMILES string of the molecule is Cc1[nH]c(C(=O)OC(C)(C)C)c(CCO)c1C. The first-order chi connectivity index (χ1) is 7.76. The van der Waals surface area contributed by atoms with Crippen LogP contribution in [0.5, 0.6) is 0 Å². The minimum Gasteiger partial charge on any atom is -0.455 e. The van der Waals surface area contributed by atoms with E-state index in [1.165, 1.54) is 0 Å². The lowest BCUT2D eigenvalue weighted by atomic mass is 10.1. The lowest BCUT2D eigenvalue weighted by Gasteiger charge is -2.19. The molecule has 4 nitrogen and oxygen atoms in total. The van der Waals surface area contributed by atoms with Crippen molar-refractivity contribution in [1.29, 1.82) is 0 Å². The largest absolute Gasteiger partial charge is 0.455 e. The van der Waals surface area contributed by atoms with Crippen molar-refractivity contribution in [2.45, 2.75) is 46.6 Å². The second kappa shape index (κ2) is 4.92. The van der Waals surface area contributed by atoms with Gasteiger partial charge in [0.05, 0.1) is 0 Å². The summed E-state index contributed by atoms with van der Waals surface area (Å²) in [4.78, 5) is 15.0. The number of nitrogens with one attached hydrogen (secondary N) is 1. The van der Waals surface area contributed by atoms with Crippen LogP contribution < -0.4 is 0 Å². The summed E-state index contributed by atoms with van der Waals surface area (Å²) in [7, 11) is 0. The molecule has 1 rings (SSSR count). The fourth-order valence-electron chi connectivity index (χ4n) is 1.70. The number of aliphatic hydroxyl groups is 1. The predicted molar refractivity (Wildman–Crippen MR) is 66.2 cm³/mol. The van der Waals surface area contributed by atoms with E-state index in [2.05, 4.69) is 4.98 Å². The van der Waals surface area contributed by atoms with Crippen LogP contribution in [0.3, 0.4) is 0 Å². The van der Waals surface area contributed by atoms with E-state index in [-0.39, 0.29) is 12.6 Å². The Labute approximate surface area is 102 Å². The van der Waals surface area contributed by atoms with Crippen molar-refractivity contribution >= 4 is 5.97 Å². The number of aromatic amines is 1. The maximum Gasteiger partial charge on any atom is 0.355 e. The van der Waals surface area contributed by atoms with Crippen LogP contribution >= 0.6 is 0 Å². The van der Waals surface area contributed by atoms with Gasteiger partial charge in [0, 0.05) is 12.3 Å². The molecule has 96 valence electrons. The van der Waals surface area contributed by atoms with Gasteiger partial charge in [-0.2, -0.15) is 0 Å². The van der Waals surface area contributed by atoms with Crippen molar-refractivity contribution < 1.29 is 14.6 Å². The number of hydrogen-bond donors (Lipinski definition) is 2. The minimum absolute atomic E-state index is 0.0218. The summed E-state index contributed by atoms with van der Waals surface area (Å²) in [6.45, 7) is 9.36.